The molecule has 2 aromatic heterocycles. The van der Waals surface area contributed by atoms with Crippen molar-refractivity contribution in [2.75, 3.05) is 23.9 Å². The Morgan fingerprint density at radius 1 is 1.42 bits per heavy atom. The molecule has 2 heterocycles. The lowest BCUT2D eigenvalue weighted by Crippen LogP contribution is -2.14. The molecule has 0 spiro atoms. The Morgan fingerprint density at radius 2 is 2.17 bits per heavy atom. The van der Waals surface area contributed by atoms with E-state index in [0.29, 0.717) is 11.5 Å². The van der Waals surface area contributed by atoms with Crippen LogP contribution in [0.4, 0.5) is 11.5 Å². The number of nitrogens with one attached hydrogen (secondary N) is 1. The van der Waals surface area contributed by atoms with Gasteiger partial charge in [-0.3, -0.25) is 0 Å². The van der Waals surface area contributed by atoms with Gasteiger partial charge in [0.25, 0.3) is 0 Å². The van der Waals surface area contributed by atoms with Crippen LogP contribution in [0.5, 0.6) is 0 Å². The summed E-state index contributed by atoms with van der Waals surface area (Å²) in [7, 11) is 1.81. The topological polar surface area (TPSA) is 73.4 Å². The van der Waals surface area contributed by atoms with Gasteiger partial charge in [-0.05, 0) is 6.07 Å². The summed E-state index contributed by atoms with van der Waals surface area (Å²) in [5.74, 6) is 0.627. The quantitative estimate of drug-likeness (QED) is 0.560. The van der Waals surface area contributed by atoms with E-state index >= 15 is 0 Å². The SMILES string of the molecule is CNn1ccc2c(N)cc(N)n21. The van der Waals surface area contributed by atoms with Gasteiger partial charge in [-0.1, -0.05) is 0 Å². The summed E-state index contributed by atoms with van der Waals surface area (Å²) in [6, 6.07) is 3.64. The molecule has 5 heteroatoms. The van der Waals surface area contributed by atoms with E-state index in [9.17, 15) is 0 Å². The molecular weight excluding hydrogens is 154 g/mol. The van der Waals surface area contributed by atoms with Gasteiger partial charge in [-0.2, -0.15) is 0 Å². The number of nitrogens with zero attached hydrogens (tertiary/aromatic N) is 2. The van der Waals surface area contributed by atoms with E-state index in [2.05, 4.69) is 5.43 Å². The van der Waals surface area contributed by atoms with E-state index in [1.807, 2.05) is 19.3 Å². The highest BCUT2D eigenvalue weighted by Gasteiger charge is 2.06. The van der Waals surface area contributed by atoms with Crippen molar-refractivity contribution in [3.05, 3.63) is 18.3 Å². The van der Waals surface area contributed by atoms with Crippen LogP contribution in [0.2, 0.25) is 0 Å². The van der Waals surface area contributed by atoms with Gasteiger partial charge < -0.3 is 16.9 Å². The second-order valence-electron chi connectivity index (χ2n) is 2.61. The van der Waals surface area contributed by atoms with Crippen molar-refractivity contribution in [1.82, 2.24) is 9.31 Å². The van der Waals surface area contributed by atoms with Crippen molar-refractivity contribution < 1.29 is 0 Å². The molecular formula is C7H11N5. The first-order chi connectivity index (χ1) is 5.74. The molecule has 0 fully saturated rings. The zero-order chi connectivity index (χ0) is 8.72. The number of anilines is 2. The summed E-state index contributed by atoms with van der Waals surface area (Å²) in [5, 5.41) is 0. The van der Waals surface area contributed by atoms with Crippen LogP contribution < -0.4 is 16.9 Å². The molecule has 0 aliphatic carbocycles. The van der Waals surface area contributed by atoms with Crippen molar-refractivity contribution in [2.24, 2.45) is 0 Å². The minimum atomic E-state index is 0.627. The molecule has 5 N–H and O–H groups in total. The van der Waals surface area contributed by atoms with Crippen LogP contribution in [0.25, 0.3) is 5.52 Å². The summed E-state index contributed by atoms with van der Waals surface area (Å²) in [6.07, 6.45) is 1.86. The number of rotatable bonds is 1. The Balaban J connectivity index is 2.84. The maximum absolute atomic E-state index is 5.72. The van der Waals surface area contributed by atoms with Gasteiger partial charge in [0.05, 0.1) is 11.2 Å². The largest absolute Gasteiger partial charge is 0.397 e. The molecule has 0 amide bonds. The van der Waals surface area contributed by atoms with E-state index in [1.54, 1.807) is 15.4 Å². The van der Waals surface area contributed by atoms with E-state index < -0.39 is 0 Å². The molecule has 0 saturated heterocycles. The van der Waals surface area contributed by atoms with Gasteiger partial charge in [-0.25, -0.2) is 9.31 Å². The number of nitrogen functional groups attached to an aromatic ring is 2. The van der Waals surface area contributed by atoms with E-state index in [0.717, 1.165) is 5.52 Å². The lowest BCUT2D eigenvalue weighted by Gasteiger charge is -2.03. The first-order valence-electron chi connectivity index (χ1n) is 3.66. The number of fused-ring (bicyclic) bond motifs is 1. The standard InChI is InChI=1S/C7H11N5/c1-10-11-3-2-6-5(8)4-7(9)12(6)11/h2-4,10H,8-9H2,1H3. The summed E-state index contributed by atoms with van der Waals surface area (Å²) in [6.45, 7) is 0. The van der Waals surface area contributed by atoms with Crippen LogP contribution in [0, 0.1) is 0 Å². The smallest absolute Gasteiger partial charge is 0.127 e. The van der Waals surface area contributed by atoms with Gasteiger partial charge in [0.2, 0.25) is 0 Å². The van der Waals surface area contributed by atoms with Gasteiger partial charge in [0.1, 0.15) is 5.82 Å². The minimum Gasteiger partial charge on any atom is -0.397 e. The Kier molecular flexibility index (Phi) is 1.21. The van der Waals surface area contributed by atoms with Gasteiger partial charge in [0, 0.05) is 19.3 Å². The van der Waals surface area contributed by atoms with E-state index in [1.165, 1.54) is 0 Å². The number of hydrogen-bond acceptors (Lipinski definition) is 3. The average Bonchev–Trinajstić information content (AvgIpc) is 2.55. The lowest BCUT2D eigenvalue weighted by atomic mass is 10.4. The zero-order valence-corrected chi connectivity index (χ0v) is 6.78. The fourth-order valence-corrected chi connectivity index (χ4v) is 1.35. The molecule has 0 bridgehead atoms. The van der Waals surface area contributed by atoms with Crippen LogP contribution in [0.3, 0.4) is 0 Å². The third-order valence-electron chi connectivity index (χ3n) is 1.89. The highest BCUT2D eigenvalue weighted by Crippen LogP contribution is 2.20. The highest BCUT2D eigenvalue weighted by molar-refractivity contribution is 5.75. The normalized spacial score (nSPS) is 10.8. The number of aromatic nitrogens is 2. The summed E-state index contributed by atoms with van der Waals surface area (Å²) >= 11 is 0. The van der Waals surface area contributed by atoms with Crippen molar-refractivity contribution in [2.45, 2.75) is 0 Å². The molecule has 5 nitrogen and oxygen atoms in total. The van der Waals surface area contributed by atoms with Crippen molar-refractivity contribution in [3.8, 4) is 0 Å². The Bertz CT molecular complexity index is 411. The van der Waals surface area contributed by atoms with E-state index in [4.69, 9.17) is 11.5 Å². The molecule has 12 heavy (non-hydrogen) atoms. The van der Waals surface area contributed by atoms with Crippen LogP contribution in [-0.2, 0) is 0 Å². The second-order valence-corrected chi connectivity index (χ2v) is 2.61. The third-order valence-corrected chi connectivity index (χ3v) is 1.89. The molecule has 64 valence electrons. The first-order valence-corrected chi connectivity index (χ1v) is 3.66. The van der Waals surface area contributed by atoms with Crippen LogP contribution in [0.15, 0.2) is 18.3 Å². The molecule has 0 atom stereocenters. The zero-order valence-electron chi connectivity index (χ0n) is 6.78. The summed E-state index contributed by atoms with van der Waals surface area (Å²) in [4.78, 5) is 1.76. The van der Waals surface area contributed by atoms with Crippen molar-refractivity contribution >= 4 is 17.0 Å². The fourth-order valence-electron chi connectivity index (χ4n) is 1.35. The molecule has 0 aromatic carbocycles. The predicted octanol–water partition coefficient (Wildman–Crippen LogP) is 0.0785. The third kappa shape index (κ3) is 0.674. The maximum atomic E-state index is 5.72. The van der Waals surface area contributed by atoms with Crippen LogP contribution in [-0.4, -0.2) is 16.4 Å². The molecule has 2 rings (SSSR count). The summed E-state index contributed by atoms with van der Waals surface area (Å²) < 4.78 is 1.80. The van der Waals surface area contributed by atoms with Gasteiger partial charge >= 0.3 is 0 Å². The van der Waals surface area contributed by atoms with Crippen molar-refractivity contribution in [1.29, 1.82) is 0 Å². The second kappa shape index (κ2) is 2.10. The highest BCUT2D eigenvalue weighted by atomic mass is 15.6. The lowest BCUT2D eigenvalue weighted by molar-refractivity contribution is 0.731. The molecule has 2 aromatic rings. The van der Waals surface area contributed by atoms with Gasteiger partial charge in [-0.15, -0.1) is 0 Å². The van der Waals surface area contributed by atoms with Crippen LogP contribution >= 0.6 is 0 Å². The first kappa shape index (κ1) is 6.90. The molecule has 0 aliphatic rings. The molecule has 0 radical (unpaired) electrons. The minimum absolute atomic E-state index is 0.627. The monoisotopic (exact) mass is 165 g/mol. The number of hydrogen-bond donors (Lipinski definition) is 3. The Labute approximate surface area is 69.5 Å². The average molecular weight is 165 g/mol. The Morgan fingerprint density at radius 3 is 2.83 bits per heavy atom. The molecule has 0 aliphatic heterocycles. The predicted molar refractivity (Wildman–Crippen MR) is 49.5 cm³/mol. The van der Waals surface area contributed by atoms with Gasteiger partial charge in [0.15, 0.2) is 0 Å². The van der Waals surface area contributed by atoms with E-state index in [-0.39, 0.29) is 0 Å². The summed E-state index contributed by atoms with van der Waals surface area (Å²) in [5.41, 5.74) is 16.0. The fraction of sp³-hybridized carbons (Fsp3) is 0.143. The molecule has 0 unspecified atom stereocenters. The Hall–Kier alpha value is -1.78. The number of nitrogens with two attached hydrogens (primary N) is 2. The van der Waals surface area contributed by atoms with Crippen molar-refractivity contribution in [3.63, 3.8) is 0 Å². The molecule has 0 saturated carbocycles. The van der Waals surface area contributed by atoms with Crippen LogP contribution in [0.1, 0.15) is 0 Å². The maximum Gasteiger partial charge on any atom is 0.127 e.